The van der Waals surface area contributed by atoms with Gasteiger partial charge in [0.2, 0.25) is 0 Å². The van der Waals surface area contributed by atoms with Crippen molar-refractivity contribution in [1.82, 2.24) is 25.0 Å². The van der Waals surface area contributed by atoms with Crippen LogP contribution in [0.15, 0.2) is 42.7 Å². The third-order valence-corrected chi connectivity index (χ3v) is 5.04. The predicted molar refractivity (Wildman–Crippen MR) is 125 cm³/mol. The van der Waals surface area contributed by atoms with Crippen molar-refractivity contribution in [3.63, 3.8) is 0 Å². The van der Waals surface area contributed by atoms with E-state index in [-0.39, 0.29) is 40.6 Å². The third-order valence-electron chi connectivity index (χ3n) is 4.73. The summed E-state index contributed by atoms with van der Waals surface area (Å²) in [6.07, 6.45) is 1.07. The second kappa shape index (κ2) is 11.2. The van der Waals surface area contributed by atoms with Crippen LogP contribution in [0.5, 0.6) is 0 Å². The molecule has 0 saturated heterocycles. The number of hydrogen-bond donors (Lipinski definition) is 2. The van der Waals surface area contributed by atoms with Crippen LogP contribution in [0.25, 0.3) is 11.4 Å². The Morgan fingerprint density at radius 2 is 2.09 bits per heavy atom. The summed E-state index contributed by atoms with van der Waals surface area (Å²) in [7, 11) is 1.56. The van der Waals surface area contributed by atoms with Gasteiger partial charge in [0.05, 0.1) is 29.8 Å². The molecule has 0 saturated carbocycles. The quantitative estimate of drug-likeness (QED) is 0.347. The zero-order valence-corrected chi connectivity index (χ0v) is 19.5. The van der Waals surface area contributed by atoms with Crippen molar-refractivity contribution >= 4 is 35.1 Å². The summed E-state index contributed by atoms with van der Waals surface area (Å²) >= 11 is 5.97. The third kappa shape index (κ3) is 6.36. The number of ether oxygens (including phenoxy) is 1. The molecule has 180 valence electrons. The van der Waals surface area contributed by atoms with Crippen LogP contribution < -0.4 is 10.6 Å². The van der Waals surface area contributed by atoms with Crippen LogP contribution in [0.2, 0.25) is 5.15 Å². The number of aromatic nitrogens is 5. The average Bonchev–Trinajstić information content (AvgIpc) is 3.19. The Kier molecular flexibility index (Phi) is 8.06. The molecule has 11 nitrogen and oxygen atoms in total. The first-order chi connectivity index (χ1) is 16.7. The molecule has 35 heavy (non-hydrogen) atoms. The van der Waals surface area contributed by atoms with E-state index in [0.717, 1.165) is 12.3 Å². The van der Waals surface area contributed by atoms with Crippen LogP contribution in [0, 0.1) is 17.1 Å². The van der Waals surface area contributed by atoms with E-state index in [1.54, 1.807) is 19.2 Å². The Hall–Kier alpha value is -4.37. The average molecular weight is 499 g/mol. The molecule has 3 heterocycles. The number of anilines is 2. The van der Waals surface area contributed by atoms with Gasteiger partial charge in [-0.25, -0.2) is 18.9 Å². The number of nitrogens with zero attached hydrogens (tertiary/aromatic N) is 6. The smallest absolute Gasteiger partial charge is 0.413 e. The molecule has 2 amide bonds. The van der Waals surface area contributed by atoms with Gasteiger partial charge >= 0.3 is 6.09 Å². The Labute approximate surface area is 204 Å². The van der Waals surface area contributed by atoms with E-state index >= 15 is 0 Å². The van der Waals surface area contributed by atoms with Crippen LogP contribution >= 0.6 is 11.6 Å². The predicted octanol–water partition coefficient (Wildman–Crippen LogP) is 4.17. The standard InChI is InChI=1S/C22H20ClFN8O3/c1-12(5-4-8-25)21(33)28-15-6-7-17(26-11-15)18-20(32(3)31-30-18)29-22(34)35-13(2)16-9-14(24)10-27-19(16)23/h6-7,9-11,13H,1,4-5H2,2-3H3,(H,28,33)(H,29,34)/t13-/m1/s1. The van der Waals surface area contributed by atoms with E-state index in [1.165, 1.54) is 17.8 Å². The van der Waals surface area contributed by atoms with E-state index in [2.05, 4.69) is 37.5 Å². The first-order valence-corrected chi connectivity index (χ1v) is 10.6. The number of hydrogen-bond acceptors (Lipinski definition) is 8. The fraction of sp³-hybridized carbons (Fsp3) is 0.227. The minimum absolute atomic E-state index is 0.0135. The summed E-state index contributed by atoms with van der Waals surface area (Å²) in [5.74, 6) is -0.836. The molecule has 13 heteroatoms. The Bertz CT molecular complexity index is 1300. The molecule has 0 aliphatic rings. The Morgan fingerprint density at radius 3 is 2.77 bits per heavy atom. The van der Waals surface area contributed by atoms with Crippen LogP contribution in [-0.2, 0) is 16.6 Å². The van der Waals surface area contributed by atoms with Crippen LogP contribution in [0.1, 0.15) is 31.4 Å². The Balaban J connectivity index is 1.69. The van der Waals surface area contributed by atoms with Crippen molar-refractivity contribution < 1.29 is 18.7 Å². The molecule has 0 spiro atoms. The van der Waals surface area contributed by atoms with Gasteiger partial charge in [0, 0.05) is 24.6 Å². The zero-order chi connectivity index (χ0) is 25.5. The van der Waals surface area contributed by atoms with Crippen molar-refractivity contribution in [2.75, 3.05) is 10.6 Å². The van der Waals surface area contributed by atoms with Crippen molar-refractivity contribution in [1.29, 1.82) is 5.26 Å². The minimum Gasteiger partial charge on any atom is -0.441 e. The first kappa shape index (κ1) is 25.3. The van der Waals surface area contributed by atoms with E-state index in [0.29, 0.717) is 11.4 Å². The first-order valence-electron chi connectivity index (χ1n) is 10.2. The second-order valence-electron chi connectivity index (χ2n) is 7.26. The van der Waals surface area contributed by atoms with Gasteiger partial charge in [-0.15, -0.1) is 5.10 Å². The fourth-order valence-electron chi connectivity index (χ4n) is 2.89. The molecule has 0 fully saturated rings. The highest BCUT2D eigenvalue weighted by atomic mass is 35.5. The SMILES string of the molecule is C=C(CCC#N)C(=O)Nc1ccc(-c2nnn(C)c2NC(=O)O[C@H](C)c2cc(F)cnc2Cl)nc1. The lowest BCUT2D eigenvalue weighted by atomic mass is 10.1. The number of aryl methyl sites for hydroxylation is 1. The molecule has 3 aromatic rings. The highest BCUT2D eigenvalue weighted by molar-refractivity contribution is 6.30. The van der Waals surface area contributed by atoms with Crippen molar-refractivity contribution in [2.45, 2.75) is 25.9 Å². The van der Waals surface area contributed by atoms with Gasteiger partial charge in [-0.1, -0.05) is 23.4 Å². The molecule has 2 N–H and O–H groups in total. The molecule has 0 unspecified atom stereocenters. The molecule has 1 atom stereocenters. The molecule has 3 aromatic heterocycles. The molecule has 0 aliphatic carbocycles. The van der Waals surface area contributed by atoms with Gasteiger partial charge in [-0.05, 0) is 31.5 Å². The molecule has 3 rings (SSSR count). The normalized spacial score (nSPS) is 11.3. The minimum atomic E-state index is -0.890. The lowest BCUT2D eigenvalue weighted by Crippen LogP contribution is -2.19. The maximum absolute atomic E-state index is 13.5. The van der Waals surface area contributed by atoms with Crippen molar-refractivity contribution in [3.8, 4) is 17.5 Å². The van der Waals surface area contributed by atoms with Gasteiger partial charge < -0.3 is 10.1 Å². The summed E-state index contributed by atoms with van der Waals surface area (Å²) in [5.41, 5.74) is 1.50. The fourth-order valence-corrected chi connectivity index (χ4v) is 3.15. The van der Waals surface area contributed by atoms with Gasteiger partial charge in [0.1, 0.15) is 17.1 Å². The van der Waals surface area contributed by atoms with Crippen LogP contribution in [0.4, 0.5) is 20.7 Å². The maximum Gasteiger partial charge on any atom is 0.413 e. The lowest BCUT2D eigenvalue weighted by molar-refractivity contribution is -0.113. The zero-order valence-electron chi connectivity index (χ0n) is 18.7. The van der Waals surface area contributed by atoms with E-state index in [4.69, 9.17) is 21.6 Å². The largest absolute Gasteiger partial charge is 0.441 e. The number of nitrogens with one attached hydrogen (secondary N) is 2. The summed E-state index contributed by atoms with van der Waals surface area (Å²) in [6, 6.07) is 6.26. The lowest BCUT2D eigenvalue weighted by Gasteiger charge is -2.15. The molecule has 0 radical (unpaired) electrons. The molecule has 0 aliphatic heterocycles. The highest BCUT2D eigenvalue weighted by Gasteiger charge is 2.21. The van der Waals surface area contributed by atoms with Gasteiger partial charge in [0.25, 0.3) is 5.91 Å². The van der Waals surface area contributed by atoms with E-state index < -0.39 is 23.9 Å². The highest BCUT2D eigenvalue weighted by Crippen LogP contribution is 2.27. The molecule has 0 bridgehead atoms. The summed E-state index contributed by atoms with van der Waals surface area (Å²) < 4.78 is 20.1. The second-order valence-corrected chi connectivity index (χ2v) is 7.62. The number of rotatable bonds is 8. The maximum atomic E-state index is 13.5. The molecular formula is C22H20ClFN8O3. The summed E-state index contributed by atoms with van der Waals surface area (Å²) in [6.45, 7) is 5.18. The summed E-state index contributed by atoms with van der Waals surface area (Å²) in [4.78, 5) is 32.6. The molecular weight excluding hydrogens is 479 g/mol. The summed E-state index contributed by atoms with van der Waals surface area (Å²) in [5, 5.41) is 21.7. The van der Waals surface area contributed by atoms with Crippen LogP contribution in [0.3, 0.4) is 0 Å². The van der Waals surface area contributed by atoms with Gasteiger partial charge in [-0.3, -0.25) is 15.1 Å². The van der Waals surface area contributed by atoms with E-state index in [9.17, 15) is 14.0 Å². The number of pyridine rings is 2. The van der Waals surface area contributed by atoms with Crippen LogP contribution in [-0.4, -0.2) is 37.0 Å². The number of carbonyl (C=O) groups is 2. The Morgan fingerprint density at radius 1 is 1.31 bits per heavy atom. The molecule has 0 aromatic carbocycles. The number of nitriles is 1. The number of carbonyl (C=O) groups excluding carboxylic acids is 2. The van der Waals surface area contributed by atoms with Crippen molar-refractivity contribution in [2.24, 2.45) is 7.05 Å². The van der Waals surface area contributed by atoms with Crippen molar-refractivity contribution in [3.05, 3.63) is 59.3 Å². The van der Waals surface area contributed by atoms with Gasteiger partial charge in [-0.2, -0.15) is 5.26 Å². The number of amides is 2. The van der Waals surface area contributed by atoms with E-state index in [1.807, 2.05) is 6.07 Å². The monoisotopic (exact) mass is 498 g/mol. The van der Waals surface area contributed by atoms with Gasteiger partial charge in [0.15, 0.2) is 11.5 Å². The number of halogens is 2. The topological polar surface area (TPSA) is 148 Å².